The molecule has 358 valence electrons. The number of aryl methyl sites for hydroxylation is 2. The minimum Gasteiger partial charge on any atom is -0.462 e. The lowest BCUT2D eigenvalue weighted by Crippen LogP contribution is -2.26. The van der Waals surface area contributed by atoms with Gasteiger partial charge in [0.2, 0.25) is 0 Å². The van der Waals surface area contributed by atoms with Crippen molar-refractivity contribution in [3.8, 4) is 23.5 Å². The quantitative estimate of drug-likeness (QED) is 0.0235. The lowest BCUT2D eigenvalue weighted by Gasteiger charge is -2.19. The van der Waals surface area contributed by atoms with Crippen LogP contribution in [0, 0.1) is 37.3 Å². The summed E-state index contributed by atoms with van der Waals surface area (Å²) in [5.41, 5.74) is 7.68. The summed E-state index contributed by atoms with van der Waals surface area (Å²) in [4.78, 5) is 17.5. The highest BCUT2D eigenvalue weighted by molar-refractivity contribution is 7.53. The number of benzene rings is 1. The number of ether oxygens (including phenoxy) is 7. The molecule has 16 nitrogen and oxygen atoms in total. The second-order valence-corrected chi connectivity index (χ2v) is 18.1. The van der Waals surface area contributed by atoms with E-state index in [9.17, 15) is 13.9 Å². The Morgan fingerprint density at radius 1 is 0.631 bits per heavy atom. The van der Waals surface area contributed by atoms with Crippen molar-refractivity contribution in [2.45, 2.75) is 62.3 Å². The largest absolute Gasteiger partial charge is 0.462 e. The van der Waals surface area contributed by atoms with Crippen molar-refractivity contribution < 1.29 is 65.2 Å². The predicted octanol–water partition coefficient (Wildman–Crippen LogP) is 7.93. The van der Waals surface area contributed by atoms with Crippen LogP contribution in [0.15, 0.2) is 52.7 Å². The summed E-state index contributed by atoms with van der Waals surface area (Å²) in [6.45, 7) is 20.0. The number of carbonyl (C=O) groups is 1. The number of allylic oxidation sites excluding steroid dienone is 2. The Balaban J connectivity index is 1.77. The van der Waals surface area contributed by atoms with Crippen LogP contribution in [-0.4, -0.2) is 135 Å². The number of hydrogen-bond donors (Lipinski definition) is 0. The highest BCUT2D eigenvalue weighted by atomic mass is 31.2. The fraction of sp³-hybridized carbons (Fsp3) is 0.565. The monoisotopic (exact) mass is 944 g/mol. The van der Waals surface area contributed by atoms with E-state index in [1.807, 2.05) is 45.9 Å². The maximum Gasteiger partial charge on any atom is 0.433 e. The van der Waals surface area contributed by atoms with Crippen LogP contribution in [0.2, 0.25) is 0 Å². The zero-order valence-electron chi connectivity index (χ0n) is 39.6. The molecule has 1 aliphatic heterocycles. The average molecular weight is 945 g/mol. The molecule has 0 N–H and O–H groups in total. The second kappa shape index (κ2) is 30.6. The first-order valence-corrected chi connectivity index (χ1v) is 25.4. The van der Waals surface area contributed by atoms with Crippen LogP contribution in [-0.2, 0) is 60.4 Å². The van der Waals surface area contributed by atoms with Gasteiger partial charge in [0, 0.05) is 22.7 Å². The third-order valence-electron chi connectivity index (χ3n) is 9.04. The van der Waals surface area contributed by atoms with Crippen molar-refractivity contribution in [2.75, 3.05) is 112 Å². The Kier molecular flexibility index (Phi) is 26.2. The number of carbonyl (C=O) groups excluding carboxylic acids is 1. The van der Waals surface area contributed by atoms with Crippen LogP contribution in [0.25, 0.3) is 5.57 Å². The van der Waals surface area contributed by atoms with Gasteiger partial charge >= 0.3 is 28.0 Å². The SMILES string of the molecule is CCOC(=O)c1ccc(/C(=C2/N=C(C)C=C2C)c2c(C)cc(C)n2B(C#CCOCCOCCOCP(=O)(OCC)OCC)C#CCOCCOCCOCP(=O)(OCC)OCC)cc1. The number of rotatable bonds is 31. The van der Waals surface area contributed by atoms with Gasteiger partial charge in [-0.3, -0.25) is 14.1 Å². The molecule has 0 unspecified atom stereocenters. The molecule has 1 aliphatic rings. The van der Waals surface area contributed by atoms with Gasteiger partial charge in [-0.1, -0.05) is 24.0 Å². The Bertz CT molecular complexity index is 2030. The first-order chi connectivity index (χ1) is 31.4. The summed E-state index contributed by atoms with van der Waals surface area (Å²) in [7, 11) is -6.56. The third-order valence-corrected chi connectivity index (χ3v) is 12.6. The molecule has 0 aliphatic carbocycles. The molecule has 0 bridgehead atoms. The average Bonchev–Trinajstić information content (AvgIpc) is 3.76. The molecule has 0 saturated carbocycles. The molecule has 1 aromatic carbocycles. The van der Waals surface area contributed by atoms with Crippen LogP contribution in [0.5, 0.6) is 0 Å². The van der Waals surface area contributed by atoms with Crippen molar-refractivity contribution >= 4 is 39.3 Å². The minimum absolute atomic E-state index is 0.125. The smallest absolute Gasteiger partial charge is 0.433 e. The summed E-state index contributed by atoms with van der Waals surface area (Å²) < 4.78 is 87.2. The normalized spacial score (nSPS) is 13.4. The fourth-order valence-electron chi connectivity index (χ4n) is 6.50. The first-order valence-electron chi connectivity index (χ1n) is 22.0. The number of nitrogens with zero attached hydrogens (tertiary/aromatic N) is 2. The maximum atomic E-state index is 12.6. The van der Waals surface area contributed by atoms with Gasteiger partial charge in [0.05, 0.1) is 97.1 Å². The fourth-order valence-corrected chi connectivity index (χ4v) is 9.23. The number of esters is 1. The molecule has 0 spiro atoms. The van der Waals surface area contributed by atoms with E-state index in [1.54, 1.807) is 46.8 Å². The molecule has 3 rings (SSSR count). The summed E-state index contributed by atoms with van der Waals surface area (Å²) in [6.07, 6.45) is 1.76. The molecule has 2 heterocycles. The molecule has 0 radical (unpaired) electrons. The van der Waals surface area contributed by atoms with E-state index in [1.165, 1.54) is 0 Å². The van der Waals surface area contributed by atoms with Crippen molar-refractivity contribution in [3.63, 3.8) is 0 Å². The summed E-state index contributed by atoms with van der Waals surface area (Å²) in [5, 5.41) is 0. The van der Waals surface area contributed by atoms with Crippen LogP contribution in [0.3, 0.4) is 0 Å². The van der Waals surface area contributed by atoms with Gasteiger partial charge in [-0.05, 0) is 103 Å². The Hall–Kier alpha value is -3.64. The number of aliphatic imine (C=N–C) groups is 1. The molecule has 2 aromatic rings. The van der Waals surface area contributed by atoms with E-state index in [-0.39, 0.29) is 85.4 Å². The van der Waals surface area contributed by atoms with Gasteiger partial charge in [0.25, 0.3) is 0 Å². The highest BCUT2D eigenvalue weighted by Gasteiger charge is 2.28. The molecule has 1 aromatic heterocycles. The molecule has 0 atom stereocenters. The van der Waals surface area contributed by atoms with Gasteiger partial charge in [-0.15, -0.1) is 11.6 Å². The van der Waals surface area contributed by atoms with Gasteiger partial charge < -0.3 is 55.7 Å². The van der Waals surface area contributed by atoms with Gasteiger partial charge in [-0.2, -0.15) is 0 Å². The van der Waals surface area contributed by atoms with E-state index in [0.29, 0.717) is 32.0 Å². The summed E-state index contributed by atoms with van der Waals surface area (Å²) >= 11 is 0. The topological polar surface area (TPSA) is 170 Å². The Labute approximate surface area is 386 Å². The van der Waals surface area contributed by atoms with Gasteiger partial charge in [0.1, 0.15) is 25.9 Å². The van der Waals surface area contributed by atoms with Gasteiger partial charge in [-0.25, -0.2) is 4.79 Å². The summed E-state index contributed by atoms with van der Waals surface area (Å²) in [6, 6.07) is 9.44. The van der Waals surface area contributed by atoms with E-state index in [4.69, 9.17) is 56.2 Å². The van der Waals surface area contributed by atoms with Crippen LogP contribution in [0.1, 0.15) is 81.3 Å². The molecule has 65 heavy (non-hydrogen) atoms. The van der Waals surface area contributed by atoms with Crippen LogP contribution >= 0.6 is 15.2 Å². The Morgan fingerprint density at radius 3 is 1.51 bits per heavy atom. The van der Waals surface area contributed by atoms with E-state index in [0.717, 1.165) is 45.1 Å². The first kappa shape index (κ1) is 55.7. The van der Waals surface area contributed by atoms with Crippen LogP contribution in [0.4, 0.5) is 0 Å². The van der Waals surface area contributed by atoms with Crippen molar-refractivity contribution in [1.29, 1.82) is 0 Å². The zero-order valence-corrected chi connectivity index (χ0v) is 41.4. The molecular formula is C46H67BN2O14P2. The number of aromatic nitrogens is 1. The lowest BCUT2D eigenvalue weighted by atomic mass is 9.63. The third kappa shape index (κ3) is 19.2. The second-order valence-electron chi connectivity index (χ2n) is 14.1. The molecule has 19 heteroatoms. The summed E-state index contributed by atoms with van der Waals surface area (Å²) in [5.74, 6) is 12.6. The number of hydrogen-bond acceptors (Lipinski definition) is 15. The van der Waals surface area contributed by atoms with Gasteiger partial charge in [0.15, 0.2) is 0 Å². The maximum absolute atomic E-state index is 12.6. The molecule has 0 amide bonds. The molecule has 0 fully saturated rings. The highest BCUT2D eigenvalue weighted by Crippen LogP contribution is 2.48. The minimum atomic E-state index is -3.28. The van der Waals surface area contributed by atoms with Crippen molar-refractivity contribution in [3.05, 3.63) is 75.8 Å². The lowest BCUT2D eigenvalue weighted by molar-refractivity contribution is 0.0251. The van der Waals surface area contributed by atoms with E-state index >= 15 is 0 Å². The standard InChI is InChI=1S/C46H67BN2O14P2/c1-10-59-46(50)42-19-17-41(18-20-42)43(44-37(6)33-39(8)48-44)45-38(7)34-40(9)49(45)47(21-15-23-53-25-27-55-29-31-57-35-64(51,60-11-2)61-12-3)22-16-24-54-26-28-56-30-32-58-36-65(52,62-13-4)63-14-5/h17-20,33-34H,10-14,23-32,35-36H2,1-9H3/b44-43-. The predicted molar refractivity (Wildman–Crippen MR) is 253 cm³/mol. The molecular weight excluding hydrogens is 877 g/mol. The van der Waals surface area contributed by atoms with Crippen LogP contribution < -0.4 is 0 Å². The van der Waals surface area contributed by atoms with E-state index in [2.05, 4.69) is 34.0 Å². The van der Waals surface area contributed by atoms with E-state index < -0.39 is 28.0 Å². The molecule has 0 saturated heterocycles. The van der Waals surface area contributed by atoms with Crippen molar-refractivity contribution in [1.82, 2.24) is 4.48 Å². The Morgan fingerprint density at radius 2 is 1.08 bits per heavy atom. The van der Waals surface area contributed by atoms with Crippen molar-refractivity contribution in [2.24, 2.45) is 4.99 Å². The zero-order chi connectivity index (χ0) is 47.5.